The largest absolute Gasteiger partial charge is 0.466 e. The second-order valence-electron chi connectivity index (χ2n) is 6.70. The van der Waals surface area contributed by atoms with Crippen LogP contribution in [0.2, 0.25) is 0 Å². The van der Waals surface area contributed by atoms with Gasteiger partial charge in [-0.2, -0.15) is 0 Å². The fourth-order valence-electron chi connectivity index (χ4n) is 3.40. The Kier molecular flexibility index (Phi) is 5.14. The molecule has 0 radical (unpaired) electrons. The number of hydrogen-bond donors (Lipinski definition) is 0. The summed E-state index contributed by atoms with van der Waals surface area (Å²) in [5.41, 5.74) is 1.38. The van der Waals surface area contributed by atoms with E-state index in [1.165, 1.54) is 40.3 Å². The van der Waals surface area contributed by atoms with Crippen LogP contribution in [-0.4, -0.2) is 38.0 Å². The second-order valence-corrected chi connectivity index (χ2v) is 7.81. The zero-order chi connectivity index (χ0) is 20.5. The summed E-state index contributed by atoms with van der Waals surface area (Å²) in [6, 6.07) is 9.49. The zero-order valence-electron chi connectivity index (χ0n) is 15.9. The number of aromatic nitrogens is 2. The van der Waals surface area contributed by atoms with Crippen LogP contribution in [0.15, 0.2) is 51.9 Å². The molecule has 0 saturated carbocycles. The fraction of sp³-hybridized carbons (Fsp3) is 0.300. The summed E-state index contributed by atoms with van der Waals surface area (Å²) in [5.74, 6) is 0.237. The second kappa shape index (κ2) is 7.75. The molecule has 29 heavy (non-hydrogen) atoms. The predicted octanol–water partition coefficient (Wildman–Crippen LogP) is 2.30. The van der Waals surface area contributed by atoms with E-state index >= 15 is 0 Å². The third-order valence-corrected chi connectivity index (χ3v) is 6.00. The first-order valence-electron chi connectivity index (χ1n) is 9.04. The maximum atomic E-state index is 12.7. The Balaban J connectivity index is 1.50. The predicted molar refractivity (Wildman–Crippen MR) is 106 cm³/mol. The molecule has 0 aliphatic carbocycles. The molecule has 1 saturated heterocycles. The number of furan rings is 1. The van der Waals surface area contributed by atoms with E-state index in [0.29, 0.717) is 22.9 Å². The first-order chi connectivity index (χ1) is 14.0. The van der Waals surface area contributed by atoms with E-state index in [9.17, 15) is 14.4 Å². The van der Waals surface area contributed by atoms with Gasteiger partial charge in [-0.3, -0.25) is 14.0 Å². The van der Waals surface area contributed by atoms with E-state index in [-0.39, 0.29) is 23.4 Å². The van der Waals surface area contributed by atoms with Crippen molar-refractivity contribution in [2.24, 2.45) is 0 Å². The number of carbonyl (C=O) groups excluding carboxylic acids is 2. The molecule has 9 heteroatoms. The van der Waals surface area contributed by atoms with Gasteiger partial charge in [0.25, 0.3) is 5.56 Å². The molecule has 2 atom stereocenters. The summed E-state index contributed by atoms with van der Waals surface area (Å²) in [6.07, 6.45) is 1.53. The average Bonchev–Trinajstić information content (AvgIpc) is 3.35. The minimum Gasteiger partial charge on any atom is -0.466 e. The molecule has 8 nitrogen and oxygen atoms in total. The molecule has 3 aromatic rings. The normalized spacial score (nSPS) is 18.9. The van der Waals surface area contributed by atoms with E-state index in [0.717, 1.165) is 5.69 Å². The molecular weight excluding hydrogens is 394 g/mol. The first-order valence-corrected chi connectivity index (χ1v) is 10.1. The van der Waals surface area contributed by atoms with Crippen molar-refractivity contribution in [2.75, 3.05) is 5.75 Å². The quantitative estimate of drug-likeness (QED) is 0.606. The summed E-state index contributed by atoms with van der Waals surface area (Å²) in [6.45, 7) is 3.09. The first kappa shape index (κ1) is 19.3. The molecule has 150 valence electrons. The van der Waals surface area contributed by atoms with Gasteiger partial charge in [0.05, 0.1) is 12.0 Å². The Morgan fingerprint density at radius 2 is 2.14 bits per heavy atom. The van der Waals surface area contributed by atoms with E-state index in [1.54, 1.807) is 18.2 Å². The lowest BCUT2D eigenvalue weighted by atomic mass is 10.2. The molecule has 0 N–H and O–H groups in total. The summed E-state index contributed by atoms with van der Waals surface area (Å²) in [7, 11) is 0. The average molecular weight is 413 g/mol. The van der Waals surface area contributed by atoms with Crippen molar-refractivity contribution in [1.82, 2.24) is 14.3 Å². The number of ether oxygens (including phenoxy) is 1. The van der Waals surface area contributed by atoms with Gasteiger partial charge in [-0.1, -0.05) is 6.07 Å². The summed E-state index contributed by atoms with van der Waals surface area (Å²) < 4.78 is 12.3. The summed E-state index contributed by atoms with van der Waals surface area (Å²) in [5, 5.41) is -0.369. The number of rotatable bonds is 4. The number of amides is 1. The van der Waals surface area contributed by atoms with Gasteiger partial charge in [-0.25, -0.2) is 9.78 Å². The van der Waals surface area contributed by atoms with E-state index in [2.05, 4.69) is 4.98 Å². The number of aryl methyl sites for hydroxylation is 1. The van der Waals surface area contributed by atoms with Gasteiger partial charge < -0.3 is 14.1 Å². The molecular formula is C20H19N3O5S. The number of esters is 1. The number of hydrogen-bond acceptors (Lipinski definition) is 7. The molecule has 1 amide bonds. The number of thioether (sulfide) groups is 1. The van der Waals surface area contributed by atoms with Crippen LogP contribution >= 0.6 is 11.8 Å². The molecule has 0 unspecified atom stereocenters. The molecule has 1 aliphatic heterocycles. The summed E-state index contributed by atoms with van der Waals surface area (Å²) >= 11 is 1.44. The molecule has 3 aromatic heterocycles. The Labute approximate surface area is 170 Å². The van der Waals surface area contributed by atoms with Crippen molar-refractivity contribution in [3.05, 3.63) is 70.2 Å². The topological polar surface area (TPSA) is 94.1 Å². The lowest BCUT2D eigenvalue weighted by Crippen LogP contribution is -2.42. The van der Waals surface area contributed by atoms with Gasteiger partial charge in [0.2, 0.25) is 5.91 Å². The maximum Gasteiger partial charge on any atom is 0.330 e. The molecule has 4 rings (SSSR count). The third-order valence-electron chi connectivity index (χ3n) is 4.72. The van der Waals surface area contributed by atoms with Gasteiger partial charge in [0, 0.05) is 24.4 Å². The van der Waals surface area contributed by atoms with Crippen LogP contribution in [0.5, 0.6) is 0 Å². The van der Waals surface area contributed by atoms with Crippen molar-refractivity contribution in [3.8, 4) is 0 Å². The van der Waals surface area contributed by atoms with Crippen molar-refractivity contribution in [1.29, 1.82) is 0 Å². The van der Waals surface area contributed by atoms with Crippen LogP contribution in [0.1, 0.15) is 29.4 Å². The molecule has 1 aliphatic rings. The van der Waals surface area contributed by atoms with Gasteiger partial charge in [0.1, 0.15) is 29.4 Å². The number of carbonyl (C=O) groups is 2. The Morgan fingerprint density at radius 1 is 1.31 bits per heavy atom. The van der Waals surface area contributed by atoms with Gasteiger partial charge in [0.15, 0.2) is 0 Å². The standard InChI is InChI=1S/C20H19N3O5S/c1-12-5-3-7-17-21-14(9-18(25)22(12)17)10-28-20(26)15-11-29-19(23(15)13(2)24)16-6-4-8-27-16/h3-9,15,19H,10-11H2,1-2H3/t15-,19+/m0/s1. The highest BCUT2D eigenvalue weighted by molar-refractivity contribution is 7.99. The monoisotopic (exact) mass is 413 g/mol. The highest BCUT2D eigenvalue weighted by Gasteiger charge is 2.43. The fourth-order valence-corrected chi connectivity index (χ4v) is 4.82. The van der Waals surface area contributed by atoms with Gasteiger partial charge >= 0.3 is 5.97 Å². The summed E-state index contributed by atoms with van der Waals surface area (Å²) in [4.78, 5) is 43.1. The highest BCUT2D eigenvalue weighted by Crippen LogP contribution is 2.41. The zero-order valence-corrected chi connectivity index (χ0v) is 16.7. The van der Waals surface area contributed by atoms with Crippen molar-refractivity contribution in [3.63, 3.8) is 0 Å². The van der Waals surface area contributed by atoms with Crippen molar-refractivity contribution < 1.29 is 18.7 Å². The Hall–Kier alpha value is -3.07. The smallest absolute Gasteiger partial charge is 0.330 e. The molecule has 4 heterocycles. The van der Waals surface area contributed by atoms with Crippen LogP contribution in [0.25, 0.3) is 5.65 Å². The molecule has 0 spiro atoms. The maximum absolute atomic E-state index is 12.7. The number of nitrogens with zero attached hydrogens (tertiary/aromatic N) is 3. The van der Waals surface area contributed by atoms with Crippen LogP contribution in [0.3, 0.4) is 0 Å². The lowest BCUT2D eigenvalue weighted by Gasteiger charge is -2.25. The van der Waals surface area contributed by atoms with E-state index < -0.39 is 12.0 Å². The third kappa shape index (κ3) is 3.65. The molecule has 0 bridgehead atoms. The molecule has 0 aromatic carbocycles. The van der Waals surface area contributed by atoms with Crippen molar-refractivity contribution in [2.45, 2.75) is 31.9 Å². The minimum absolute atomic E-state index is 0.142. The van der Waals surface area contributed by atoms with E-state index in [1.807, 2.05) is 19.1 Å². The van der Waals surface area contributed by atoms with Crippen LogP contribution in [0.4, 0.5) is 0 Å². The van der Waals surface area contributed by atoms with Crippen molar-refractivity contribution >= 4 is 29.3 Å². The Bertz CT molecular complexity index is 1120. The molecule has 1 fully saturated rings. The van der Waals surface area contributed by atoms with Gasteiger partial charge in [-0.15, -0.1) is 11.8 Å². The highest BCUT2D eigenvalue weighted by atomic mass is 32.2. The SMILES string of the molecule is CC(=O)N1[C@@H](c2ccco2)SC[C@H]1C(=O)OCc1cc(=O)n2c(C)cccc2n1. The van der Waals surface area contributed by atoms with Gasteiger partial charge in [-0.05, 0) is 31.2 Å². The van der Waals surface area contributed by atoms with Crippen LogP contribution in [0, 0.1) is 6.92 Å². The Morgan fingerprint density at radius 3 is 2.86 bits per heavy atom. The number of pyridine rings is 1. The van der Waals surface area contributed by atoms with E-state index in [4.69, 9.17) is 9.15 Å². The number of fused-ring (bicyclic) bond motifs is 1. The van der Waals surface area contributed by atoms with Crippen LogP contribution in [-0.2, 0) is 20.9 Å². The lowest BCUT2D eigenvalue weighted by molar-refractivity contribution is -0.154. The minimum atomic E-state index is -0.726. The van der Waals surface area contributed by atoms with Crippen LogP contribution < -0.4 is 5.56 Å².